The van der Waals surface area contributed by atoms with Crippen molar-refractivity contribution in [1.29, 1.82) is 0 Å². The van der Waals surface area contributed by atoms with E-state index in [0.717, 1.165) is 31.5 Å². The molecule has 14 heteroatoms. The first-order valence-electron chi connectivity index (χ1n) is 17.5. The van der Waals surface area contributed by atoms with E-state index in [2.05, 4.69) is 26.8 Å². The molecule has 2 saturated carbocycles. The molecular weight excluding hydrogens is 662 g/mol. The van der Waals surface area contributed by atoms with Crippen molar-refractivity contribution in [3.8, 4) is 0 Å². The van der Waals surface area contributed by atoms with Crippen LogP contribution in [0.4, 0.5) is 4.79 Å². The van der Waals surface area contributed by atoms with Gasteiger partial charge in [0.25, 0.3) is 5.91 Å². The molecule has 5 atom stereocenters. The maximum atomic E-state index is 14.5. The maximum Gasteiger partial charge on any atom is 0.408 e. The Balaban J connectivity index is 1.46. The number of benzene rings is 1. The van der Waals surface area contributed by atoms with Gasteiger partial charge >= 0.3 is 6.09 Å². The molecule has 1 aromatic carbocycles. The molecule has 2 saturated heterocycles. The molecule has 2 aliphatic heterocycles. The summed E-state index contributed by atoms with van der Waals surface area (Å²) in [5, 5.41) is 17.1. The largest absolute Gasteiger partial charge is 0.444 e. The number of nitrogens with one attached hydrogen (secondary N) is 3. The van der Waals surface area contributed by atoms with Crippen LogP contribution in [-0.4, -0.2) is 95.2 Å². The third-order valence-corrected chi connectivity index (χ3v) is 11.8. The zero-order valence-corrected chi connectivity index (χ0v) is 30.9. The first-order chi connectivity index (χ1) is 23.2. The number of hydrogen-bond donors (Lipinski definition) is 4. The number of nitrogens with zero attached hydrogens (tertiary/aromatic N) is 2. The molecule has 276 valence electrons. The second-order valence-corrected chi connectivity index (χ2v) is 18.5. The van der Waals surface area contributed by atoms with Gasteiger partial charge in [0.2, 0.25) is 21.8 Å². The first-order valence-corrected chi connectivity index (χ1v) is 19.1. The van der Waals surface area contributed by atoms with E-state index in [1.807, 2.05) is 18.2 Å². The van der Waals surface area contributed by atoms with E-state index >= 15 is 0 Å². The van der Waals surface area contributed by atoms with Crippen LogP contribution in [0.15, 0.2) is 36.9 Å². The Labute approximate surface area is 295 Å². The molecule has 13 nitrogen and oxygen atoms in total. The molecule has 4 aliphatic rings. The van der Waals surface area contributed by atoms with Crippen molar-refractivity contribution < 1.29 is 37.4 Å². The number of aliphatic hydroxyl groups is 1. The highest BCUT2D eigenvalue weighted by molar-refractivity contribution is 7.91. The Morgan fingerprint density at radius 2 is 1.74 bits per heavy atom. The second-order valence-electron chi connectivity index (χ2n) is 16.5. The molecule has 0 aromatic heterocycles. The number of hydrogen-bond acceptors (Lipinski definition) is 9. The zero-order valence-electron chi connectivity index (χ0n) is 30.1. The normalized spacial score (nSPS) is 27.7. The number of rotatable bonds is 11. The molecule has 4 amide bonds. The van der Waals surface area contributed by atoms with E-state index in [0.29, 0.717) is 24.9 Å². The van der Waals surface area contributed by atoms with Gasteiger partial charge in [0.05, 0.1) is 11.8 Å². The van der Waals surface area contributed by atoms with E-state index in [1.165, 1.54) is 11.0 Å². The highest BCUT2D eigenvalue weighted by atomic mass is 32.2. The molecule has 1 aromatic rings. The predicted molar refractivity (Wildman–Crippen MR) is 187 cm³/mol. The van der Waals surface area contributed by atoms with E-state index < -0.39 is 79.2 Å². The molecule has 0 bridgehead atoms. The highest BCUT2D eigenvalue weighted by Gasteiger charge is 2.62. The minimum absolute atomic E-state index is 0.128. The van der Waals surface area contributed by atoms with Gasteiger partial charge in [-0.1, -0.05) is 51.1 Å². The average Bonchev–Trinajstić information content (AvgIpc) is 3.90. The van der Waals surface area contributed by atoms with Crippen molar-refractivity contribution in [3.05, 3.63) is 48.0 Å². The molecule has 4 fully saturated rings. The zero-order chi connectivity index (χ0) is 36.9. The summed E-state index contributed by atoms with van der Waals surface area (Å²) in [4.78, 5) is 58.8. The van der Waals surface area contributed by atoms with Gasteiger partial charge in [0, 0.05) is 18.9 Å². The summed E-state index contributed by atoms with van der Waals surface area (Å²) in [6.07, 6.45) is 3.77. The molecule has 4 N–H and O–H groups in total. The van der Waals surface area contributed by atoms with Crippen molar-refractivity contribution in [2.24, 2.45) is 11.3 Å². The van der Waals surface area contributed by atoms with Gasteiger partial charge in [-0.25, -0.2) is 13.2 Å². The summed E-state index contributed by atoms with van der Waals surface area (Å²) < 4.78 is 33.0. The van der Waals surface area contributed by atoms with Crippen molar-refractivity contribution in [3.63, 3.8) is 0 Å². The van der Waals surface area contributed by atoms with Crippen molar-refractivity contribution in [2.75, 3.05) is 19.6 Å². The number of β-amino-alcohol motifs (C(OH)–C–C–N with tert-alkyl or cyclic N) is 1. The third-order valence-electron chi connectivity index (χ3n) is 10.0. The lowest BCUT2D eigenvalue weighted by Gasteiger charge is -2.36. The number of carbonyl (C=O) groups is 4. The monoisotopic (exact) mass is 715 g/mol. The average molecular weight is 716 g/mol. The van der Waals surface area contributed by atoms with Crippen LogP contribution in [0, 0.1) is 11.3 Å². The molecule has 2 aliphatic carbocycles. The summed E-state index contributed by atoms with van der Waals surface area (Å²) in [5.74, 6) is -2.74. The smallest absolute Gasteiger partial charge is 0.408 e. The minimum atomic E-state index is -3.91. The molecule has 0 radical (unpaired) electrons. The molecular formula is C36H53N5O8S. The van der Waals surface area contributed by atoms with Gasteiger partial charge in [-0.15, -0.1) is 6.58 Å². The van der Waals surface area contributed by atoms with E-state index in [9.17, 15) is 32.7 Å². The van der Waals surface area contributed by atoms with Gasteiger partial charge in [-0.05, 0) is 82.5 Å². The quantitative estimate of drug-likeness (QED) is 0.251. The molecule has 0 unspecified atom stereocenters. The summed E-state index contributed by atoms with van der Waals surface area (Å²) in [5.41, 5.74) is -3.38. The van der Waals surface area contributed by atoms with Crippen LogP contribution in [-0.2, 0) is 41.3 Å². The number of sulfonamides is 1. The van der Waals surface area contributed by atoms with Gasteiger partial charge in [0.15, 0.2) is 0 Å². The lowest BCUT2D eigenvalue weighted by atomic mass is 9.85. The highest BCUT2D eigenvalue weighted by Crippen LogP contribution is 2.46. The SMILES string of the molecule is C=C[C@@H]1C[C@]1(NC(=O)[C@@H]1C[C@@](O)(c2cccc(CN3CCCC3)c2)CN1C(=O)[C@@H](NC(=O)OC(C)(C)C)C(C)(C)C)C(=O)NS(=O)(=O)C1CC1. The number of carbonyl (C=O) groups excluding carboxylic acids is 4. The van der Waals surface area contributed by atoms with Crippen LogP contribution in [0.25, 0.3) is 0 Å². The van der Waals surface area contributed by atoms with Crippen molar-refractivity contribution >= 4 is 33.8 Å². The first kappa shape index (κ1) is 37.8. The molecule has 2 heterocycles. The Kier molecular flexibility index (Phi) is 10.2. The lowest BCUT2D eigenvalue weighted by molar-refractivity contribution is -0.143. The number of amides is 4. The van der Waals surface area contributed by atoms with Crippen LogP contribution in [0.2, 0.25) is 0 Å². The fourth-order valence-corrected chi connectivity index (χ4v) is 8.34. The van der Waals surface area contributed by atoms with Crippen LogP contribution in [0.5, 0.6) is 0 Å². The van der Waals surface area contributed by atoms with E-state index in [1.54, 1.807) is 47.6 Å². The number of alkyl carbamates (subject to hydrolysis) is 1. The van der Waals surface area contributed by atoms with Gasteiger partial charge in [-0.2, -0.15) is 0 Å². The minimum Gasteiger partial charge on any atom is -0.444 e. The second kappa shape index (κ2) is 13.6. The summed E-state index contributed by atoms with van der Waals surface area (Å²) in [6, 6.07) is 5.07. The van der Waals surface area contributed by atoms with Gasteiger partial charge < -0.3 is 25.4 Å². The Bertz CT molecular complexity index is 1620. The van der Waals surface area contributed by atoms with Crippen LogP contribution >= 0.6 is 0 Å². The van der Waals surface area contributed by atoms with Crippen molar-refractivity contribution in [2.45, 2.75) is 121 Å². The van der Waals surface area contributed by atoms with Gasteiger partial charge in [0.1, 0.15) is 28.8 Å². The molecule has 5 rings (SSSR count). The Morgan fingerprint density at radius 3 is 2.30 bits per heavy atom. The molecule has 0 spiro atoms. The predicted octanol–water partition coefficient (Wildman–Crippen LogP) is 2.68. The third kappa shape index (κ3) is 8.34. The standard InChI is InChI=1S/C36H53N5O8S/c1-8-24-19-36(24,31(44)39-50(47,48)26-14-15-26)38-29(42)27-20-35(46,25-13-11-12-23(18-25)21-40-16-9-10-17-40)22-41(27)30(43)28(33(2,3)4)37-32(45)49-34(5,6)7/h8,11-13,18,24,26-28,46H,1,9-10,14-17,19-22H2,2-7H3,(H,37,45)(H,38,42)(H,39,44)/t24-,27+,28-,35+,36-/m1/s1. The number of ether oxygens (including phenoxy) is 1. The fraction of sp³-hybridized carbons (Fsp3) is 0.667. The van der Waals surface area contributed by atoms with E-state index in [-0.39, 0.29) is 19.4 Å². The molecule has 50 heavy (non-hydrogen) atoms. The Morgan fingerprint density at radius 1 is 1.08 bits per heavy atom. The summed E-state index contributed by atoms with van der Waals surface area (Å²) in [6.45, 7) is 16.6. The van der Waals surface area contributed by atoms with E-state index in [4.69, 9.17) is 4.74 Å². The summed E-state index contributed by atoms with van der Waals surface area (Å²) in [7, 11) is -3.91. The van der Waals surface area contributed by atoms with Crippen LogP contribution < -0.4 is 15.4 Å². The number of likely N-dealkylation sites (tertiary alicyclic amines) is 2. The Hall–Kier alpha value is -3.49. The summed E-state index contributed by atoms with van der Waals surface area (Å²) >= 11 is 0. The maximum absolute atomic E-state index is 14.5. The fourth-order valence-electron chi connectivity index (χ4n) is 6.98. The lowest BCUT2D eigenvalue weighted by Crippen LogP contribution is -2.60. The van der Waals surface area contributed by atoms with Crippen LogP contribution in [0.1, 0.15) is 91.2 Å². The van der Waals surface area contributed by atoms with Gasteiger partial charge in [-0.3, -0.25) is 24.0 Å². The van der Waals surface area contributed by atoms with Crippen LogP contribution in [0.3, 0.4) is 0 Å². The van der Waals surface area contributed by atoms with Crippen molar-refractivity contribution in [1.82, 2.24) is 25.2 Å². The topological polar surface area (TPSA) is 174 Å².